The summed E-state index contributed by atoms with van der Waals surface area (Å²) in [5, 5.41) is 10.1. The van der Waals surface area contributed by atoms with Crippen LogP contribution in [-0.2, 0) is 0 Å². The first-order chi connectivity index (χ1) is 8.39. The van der Waals surface area contributed by atoms with Gasteiger partial charge in [0.15, 0.2) is 0 Å². The van der Waals surface area contributed by atoms with Gasteiger partial charge < -0.3 is 5.11 Å². The van der Waals surface area contributed by atoms with Crippen LogP contribution in [-0.4, -0.2) is 35.7 Å². The monoisotopic (exact) mass is 253 g/mol. The van der Waals surface area contributed by atoms with E-state index in [9.17, 15) is 5.11 Å². The fourth-order valence-electron chi connectivity index (χ4n) is 3.90. The Morgan fingerprint density at radius 1 is 1.06 bits per heavy atom. The molecule has 0 amide bonds. The maximum absolute atomic E-state index is 10.1. The Balaban J connectivity index is 1.72. The molecule has 18 heavy (non-hydrogen) atoms. The average Bonchev–Trinajstić information content (AvgIpc) is 2.39. The van der Waals surface area contributed by atoms with E-state index in [0.717, 1.165) is 13.0 Å². The normalized spacial score (nSPS) is 26.7. The minimum absolute atomic E-state index is 0.145. The minimum Gasteiger partial charge on any atom is -0.392 e. The predicted octanol–water partition coefficient (Wildman–Crippen LogP) is 3.44. The summed E-state index contributed by atoms with van der Waals surface area (Å²) in [5.74, 6) is 0. The summed E-state index contributed by atoms with van der Waals surface area (Å²) >= 11 is 0. The molecule has 1 saturated carbocycles. The largest absolute Gasteiger partial charge is 0.392 e. The zero-order chi connectivity index (χ0) is 13.2. The molecule has 1 aliphatic heterocycles. The smallest absolute Gasteiger partial charge is 0.0672 e. The van der Waals surface area contributed by atoms with Crippen LogP contribution in [0.25, 0.3) is 0 Å². The number of aliphatic hydroxyl groups excluding tert-OH is 1. The molecule has 1 unspecified atom stereocenters. The first-order valence-corrected chi connectivity index (χ1v) is 7.79. The number of β-amino-alcohol motifs (C(OH)–C–C–N with tert-alkyl or cyclic N) is 1. The van der Waals surface area contributed by atoms with Gasteiger partial charge in [-0.05, 0) is 30.1 Å². The van der Waals surface area contributed by atoms with E-state index in [-0.39, 0.29) is 11.5 Å². The lowest BCUT2D eigenvalue weighted by Gasteiger charge is -2.51. The number of nitrogens with zero attached hydrogens (tertiary/aromatic N) is 1. The SMILES string of the molecule is CC(C)(C)CC(O)CN1CC2(CCCCCC2)C1. The molecule has 0 aromatic rings. The third-order valence-electron chi connectivity index (χ3n) is 4.60. The van der Waals surface area contributed by atoms with E-state index in [0.29, 0.717) is 5.41 Å². The molecule has 106 valence electrons. The molecule has 2 fully saturated rings. The Kier molecular flexibility index (Phi) is 4.38. The van der Waals surface area contributed by atoms with Crippen LogP contribution >= 0.6 is 0 Å². The Morgan fingerprint density at radius 3 is 2.11 bits per heavy atom. The Morgan fingerprint density at radius 2 is 1.61 bits per heavy atom. The number of rotatable bonds is 3. The zero-order valence-electron chi connectivity index (χ0n) is 12.5. The molecule has 1 aliphatic carbocycles. The Hall–Kier alpha value is -0.0800. The number of likely N-dealkylation sites (tertiary alicyclic amines) is 1. The van der Waals surface area contributed by atoms with Gasteiger partial charge in [-0.25, -0.2) is 0 Å². The first-order valence-electron chi connectivity index (χ1n) is 7.79. The van der Waals surface area contributed by atoms with Crippen molar-refractivity contribution in [2.24, 2.45) is 10.8 Å². The molecule has 0 radical (unpaired) electrons. The maximum Gasteiger partial charge on any atom is 0.0672 e. The predicted molar refractivity (Wildman–Crippen MR) is 76.7 cm³/mol. The third kappa shape index (κ3) is 3.96. The molecule has 2 rings (SSSR count). The zero-order valence-corrected chi connectivity index (χ0v) is 12.5. The van der Waals surface area contributed by atoms with Crippen molar-refractivity contribution < 1.29 is 5.11 Å². The van der Waals surface area contributed by atoms with E-state index in [1.54, 1.807) is 0 Å². The van der Waals surface area contributed by atoms with Crippen molar-refractivity contribution in [1.29, 1.82) is 0 Å². The maximum atomic E-state index is 10.1. The summed E-state index contributed by atoms with van der Waals surface area (Å²) in [6.07, 6.45) is 9.36. The Labute approximate surface area is 113 Å². The second kappa shape index (κ2) is 5.50. The molecule has 2 aliphatic rings. The van der Waals surface area contributed by atoms with Crippen LogP contribution in [0.5, 0.6) is 0 Å². The molecule has 1 heterocycles. The second-order valence-electron chi connectivity index (χ2n) is 8.00. The lowest BCUT2D eigenvalue weighted by atomic mass is 9.73. The molecule has 1 atom stereocenters. The highest BCUT2D eigenvalue weighted by molar-refractivity contribution is 4.96. The van der Waals surface area contributed by atoms with Crippen molar-refractivity contribution in [3.8, 4) is 0 Å². The van der Waals surface area contributed by atoms with Crippen LogP contribution in [0.3, 0.4) is 0 Å². The first kappa shape index (κ1) is 14.3. The van der Waals surface area contributed by atoms with Gasteiger partial charge in [-0.1, -0.05) is 46.5 Å². The summed E-state index contributed by atoms with van der Waals surface area (Å²) in [5.41, 5.74) is 0.877. The van der Waals surface area contributed by atoms with E-state index in [1.165, 1.54) is 51.6 Å². The fraction of sp³-hybridized carbons (Fsp3) is 1.00. The summed E-state index contributed by atoms with van der Waals surface area (Å²) in [4.78, 5) is 2.47. The molecule has 0 aromatic carbocycles. The van der Waals surface area contributed by atoms with Gasteiger partial charge in [0.25, 0.3) is 0 Å². The van der Waals surface area contributed by atoms with Gasteiger partial charge in [-0.3, -0.25) is 4.90 Å². The van der Waals surface area contributed by atoms with Crippen LogP contribution < -0.4 is 0 Å². The van der Waals surface area contributed by atoms with Gasteiger partial charge in [0.05, 0.1) is 6.10 Å². The fourth-order valence-corrected chi connectivity index (χ4v) is 3.90. The van der Waals surface area contributed by atoms with Gasteiger partial charge >= 0.3 is 0 Å². The topological polar surface area (TPSA) is 23.5 Å². The van der Waals surface area contributed by atoms with Gasteiger partial charge in [0.2, 0.25) is 0 Å². The van der Waals surface area contributed by atoms with E-state index in [1.807, 2.05) is 0 Å². The standard InChI is InChI=1S/C16H31NO/c1-15(2,3)10-14(18)11-17-12-16(13-17)8-6-4-5-7-9-16/h14,18H,4-13H2,1-3H3. The van der Waals surface area contributed by atoms with Gasteiger partial charge in [0.1, 0.15) is 0 Å². The molecular formula is C16H31NO. The minimum atomic E-state index is -0.145. The van der Waals surface area contributed by atoms with Crippen molar-refractivity contribution in [2.45, 2.75) is 71.8 Å². The molecule has 1 saturated heterocycles. The Bertz CT molecular complexity index is 253. The van der Waals surface area contributed by atoms with Crippen LogP contribution in [0.4, 0.5) is 0 Å². The number of hydrogen-bond donors (Lipinski definition) is 1. The van der Waals surface area contributed by atoms with Gasteiger partial charge in [0, 0.05) is 19.6 Å². The molecule has 2 heteroatoms. The summed E-state index contributed by atoms with van der Waals surface area (Å²) in [7, 11) is 0. The van der Waals surface area contributed by atoms with E-state index >= 15 is 0 Å². The number of aliphatic hydroxyl groups is 1. The summed E-state index contributed by atoms with van der Waals surface area (Å²) in [6.45, 7) is 10.00. The average molecular weight is 253 g/mol. The lowest BCUT2D eigenvalue weighted by Crippen LogP contribution is -2.57. The van der Waals surface area contributed by atoms with Crippen molar-refractivity contribution >= 4 is 0 Å². The quantitative estimate of drug-likeness (QED) is 0.833. The van der Waals surface area contributed by atoms with Crippen LogP contribution in [0.2, 0.25) is 0 Å². The van der Waals surface area contributed by atoms with Gasteiger partial charge in [-0.15, -0.1) is 0 Å². The van der Waals surface area contributed by atoms with Crippen LogP contribution in [0.15, 0.2) is 0 Å². The highest BCUT2D eigenvalue weighted by Crippen LogP contribution is 2.42. The highest BCUT2D eigenvalue weighted by atomic mass is 16.3. The van der Waals surface area contributed by atoms with Crippen molar-refractivity contribution in [3.63, 3.8) is 0 Å². The second-order valence-corrected chi connectivity index (χ2v) is 8.00. The molecule has 0 bridgehead atoms. The van der Waals surface area contributed by atoms with E-state index in [2.05, 4.69) is 25.7 Å². The lowest BCUT2D eigenvalue weighted by molar-refractivity contribution is -0.0427. The van der Waals surface area contributed by atoms with Crippen molar-refractivity contribution in [2.75, 3.05) is 19.6 Å². The van der Waals surface area contributed by atoms with Crippen LogP contribution in [0.1, 0.15) is 65.7 Å². The van der Waals surface area contributed by atoms with E-state index < -0.39 is 0 Å². The molecule has 0 aromatic heterocycles. The summed E-state index contributed by atoms with van der Waals surface area (Å²) in [6, 6.07) is 0. The van der Waals surface area contributed by atoms with Crippen molar-refractivity contribution in [3.05, 3.63) is 0 Å². The molecule has 1 spiro atoms. The van der Waals surface area contributed by atoms with Crippen molar-refractivity contribution in [1.82, 2.24) is 4.90 Å². The molecular weight excluding hydrogens is 222 g/mol. The van der Waals surface area contributed by atoms with Gasteiger partial charge in [-0.2, -0.15) is 0 Å². The van der Waals surface area contributed by atoms with Crippen LogP contribution in [0, 0.1) is 10.8 Å². The number of hydrogen-bond acceptors (Lipinski definition) is 2. The van der Waals surface area contributed by atoms with E-state index in [4.69, 9.17) is 0 Å². The summed E-state index contributed by atoms with van der Waals surface area (Å²) < 4.78 is 0. The molecule has 2 nitrogen and oxygen atoms in total. The molecule has 1 N–H and O–H groups in total. The third-order valence-corrected chi connectivity index (χ3v) is 4.60. The highest BCUT2D eigenvalue weighted by Gasteiger charge is 2.42.